The maximum Gasteiger partial charge on any atom is 0.327 e. The molecule has 2 fully saturated rings. The summed E-state index contributed by atoms with van der Waals surface area (Å²) in [4.78, 5) is 31.4. The molecule has 3 amide bonds. The van der Waals surface area contributed by atoms with Crippen LogP contribution in [-0.4, -0.2) is 44.5 Å². The van der Waals surface area contributed by atoms with Crippen molar-refractivity contribution < 1.29 is 14.1 Å². The molecule has 0 aliphatic carbocycles. The zero-order valence-electron chi connectivity index (χ0n) is 11.5. The van der Waals surface area contributed by atoms with Crippen molar-refractivity contribution in [3.05, 3.63) is 11.7 Å². The van der Waals surface area contributed by atoms with Crippen molar-refractivity contribution in [3.8, 4) is 0 Å². The van der Waals surface area contributed by atoms with Crippen molar-refractivity contribution >= 4 is 11.9 Å². The molecule has 2 aliphatic heterocycles. The van der Waals surface area contributed by atoms with Gasteiger partial charge >= 0.3 is 6.03 Å². The standard InChI is InChI=1S/C13H18N4O3/c1-2-3-6-11-14-10(15-20-11)8-17-12(18)9-5-4-7-16(9)13(17)19/h9H,2-8H2,1H3/t9-/m1/s1. The Bertz CT molecular complexity index is 505. The molecule has 3 heterocycles. The van der Waals surface area contributed by atoms with Gasteiger partial charge in [-0.25, -0.2) is 4.79 Å². The van der Waals surface area contributed by atoms with Gasteiger partial charge in [-0.1, -0.05) is 18.5 Å². The van der Waals surface area contributed by atoms with Gasteiger partial charge in [0.15, 0.2) is 5.82 Å². The minimum atomic E-state index is -0.269. The summed E-state index contributed by atoms with van der Waals surface area (Å²) in [5.74, 6) is 0.841. The van der Waals surface area contributed by atoms with Crippen LogP contribution in [0.1, 0.15) is 44.3 Å². The number of aromatic nitrogens is 2. The van der Waals surface area contributed by atoms with Crippen LogP contribution in [0.2, 0.25) is 0 Å². The highest BCUT2D eigenvalue weighted by Crippen LogP contribution is 2.28. The quantitative estimate of drug-likeness (QED) is 0.759. The monoisotopic (exact) mass is 278 g/mol. The Hall–Kier alpha value is -1.92. The number of carbonyl (C=O) groups excluding carboxylic acids is 2. The maximum absolute atomic E-state index is 12.2. The van der Waals surface area contributed by atoms with Crippen molar-refractivity contribution in [1.29, 1.82) is 0 Å². The van der Waals surface area contributed by atoms with E-state index in [0.717, 1.165) is 32.1 Å². The number of urea groups is 1. The SMILES string of the molecule is CCCCc1nc(CN2C(=O)[C@H]3CCCN3C2=O)no1. The van der Waals surface area contributed by atoms with Gasteiger partial charge in [-0.05, 0) is 19.3 Å². The molecule has 1 atom stereocenters. The predicted octanol–water partition coefficient (Wildman–Crippen LogP) is 1.34. The Morgan fingerprint density at radius 2 is 2.25 bits per heavy atom. The highest BCUT2D eigenvalue weighted by atomic mass is 16.5. The lowest BCUT2D eigenvalue weighted by atomic mass is 10.2. The molecule has 2 saturated heterocycles. The summed E-state index contributed by atoms with van der Waals surface area (Å²) >= 11 is 0. The summed E-state index contributed by atoms with van der Waals surface area (Å²) in [6.07, 6.45) is 4.44. The smallest absolute Gasteiger partial charge is 0.327 e. The Morgan fingerprint density at radius 1 is 1.40 bits per heavy atom. The summed E-state index contributed by atoms with van der Waals surface area (Å²) in [5.41, 5.74) is 0. The second-order valence-electron chi connectivity index (χ2n) is 5.27. The number of imide groups is 1. The van der Waals surface area contributed by atoms with Gasteiger partial charge in [0.05, 0.1) is 6.54 Å². The van der Waals surface area contributed by atoms with Crippen molar-refractivity contribution in [2.24, 2.45) is 0 Å². The van der Waals surface area contributed by atoms with Crippen LogP contribution < -0.4 is 0 Å². The van der Waals surface area contributed by atoms with E-state index in [0.29, 0.717) is 18.3 Å². The number of unbranched alkanes of at least 4 members (excludes halogenated alkanes) is 1. The second-order valence-corrected chi connectivity index (χ2v) is 5.27. The van der Waals surface area contributed by atoms with Crippen LogP contribution >= 0.6 is 0 Å². The third kappa shape index (κ3) is 2.17. The normalized spacial score (nSPS) is 21.9. The van der Waals surface area contributed by atoms with E-state index in [4.69, 9.17) is 4.52 Å². The topological polar surface area (TPSA) is 79.5 Å². The largest absolute Gasteiger partial charge is 0.339 e. The van der Waals surface area contributed by atoms with Gasteiger partial charge in [-0.3, -0.25) is 9.69 Å². The first-order chi connectivity index (χ1) is 9.70. The van der Waals surface area contributed by atoms with Crippen LogP contribution in [0.4, 0.5) is 4.79 Å². The predicted molar refractivity (Wildman–Crippen MR) is 68.6 cm³/mol. The number of aryl methyl sites for hydroxylation is 1. The average molecular weight is 278 g/mol. The number of hydrogen-bond donors (Lipinski definition) is 0. The fourth-order valence-electron chi connectivity index (χ4n) is 2.75. The number of hydrogen-bond acceptors (Lipinski definition) is 5. The molecule has 0 radical (unpaired) electrons. The summed E-state index contributed by atoms with van der Waals surface area (Å²) in [6, 6.07) is -0.494. The molecule has 1 aromatic rings. The van der Waals surface area contributed by atoms with Crippen LogP contribution in [0.3, 0.4) is 0 Å². The molecule has 0 spiro atoms. The Kier molecular flexibility index (Phi) is 3.42. The van der Waals surface area contributed by atoms with Crippen molar-refractivity contribution in [2.75, 3.05) is 6.54 Å². The van der Waals surface area contributed by atoms with E-state index >= 15 is 0 Å². The molecular weight excluding hydrogens is 260 g/mol. The number of carbonyl (C=O) groups is 2. The number of rotatable bonds is 5. The van der Waals surface area contributed by atoms with E-state index < -0.39 is 0 Å². The molecule has 0 unspecified atom stereocenters. The minimum absolute atomic E-state index is 0.111. The van der Waals surface area contributed by atoms with Gasteiger partial charge < -0.3 is 9.42 Å². The number of fused-ring (bicyclic) bond motifs is 1. The third-order valence-electron chi connectivity index (χ3n) is 3.83. The van der Waals surface area contributed by atoms with E-state index in [1.54, 1.807) is 4.90 Å². The molecule has 0 bridgehead atoms. The molecule has 108 valence electrons. The van der Waals surface area contributed by atoms with E-state index in [1.807, 2.05) is 0 Å². The van der Waals surface area contributed by atoms with Crippen molar-refractivity contribution in [1.82, 2.24) is 19.9 Å². The van der Waals surface area contributed by atoms with Crippen LogP contribution in [0.15, 0.2) is 4.52 Å². The lowest BCUT2D eigenvalue weighted by Crippen LogP contribution is -2.33. The van der Waals surface area contributed by atoms with E-state index in [9.17, 15) is 9.59 Å². The lowest BCUT2D eigenvalue weighted by molar-refractivity contribution is -0.128. The van der Waals surface area contributed by atoms with E-state index in [-0.39, 0.29) is 24.5 Å². The average Bonchev–Trinajstić information content (AvgIpc) is 3.13. The maximum atomic E-state index is 12.2. The van der Waals surface area contributed by atoms with Crippen LogP contribution in [-0.2, 0) is 17.8 Å². The van der Waals surface area contributed by atoms with Gasteiger partial charge in [-0.2, -0.15) is 4.98 Å². The molecule has 7 nitrogen and oxygen atoms in total. The minimum Gasteiger partial charge on any atom is -0.339 e. The molecule has 20 heavy (non-hydrogen) atoms. The Balaban J connectivity index is 1.67. The lowest BCUT2D eigenvalue weighted by Gasteiger charge is -2.13. The molecule has 2 aliphatic rings. The van der Waals surface area contributed by atoms with Gasteiger partial charge in [0, 0.05) is 13.0 Å². The molecule has 7 heteroatoms. The highest BCUT2D eigenvalue weighted by molar-refractivity contribution is 6.04. The van der Waals surface area contributed by atoms with Crippen LogP contribution in [0.5, 0.6) is 0 Å². The Morgan fingerprint density at radius 3 is 3.00 bits per heavy atom. The summed E-state index contributed by atoms with van der Waals surface area (Å²) in [5, 5.41) is 3.84. The molecule has 0 saturated carbocycles. The molecular formula is C13H18N4O3. The summed E-state index contributed by atoms with van der Waals surface area (Å²) in [6.45, 7) is 2.87. The van der Waals surface area contributed by atoms with Gasteiger partial charge in [0.25, 0.3) is 5.91 Å². The van der Waals surface area contributed by atoms with Crippen LogP contribution in [0.25, 0.3) is 0 Å². The Labute approximate surface area is 116 Å². The molecule has 0 aromatic carbocycles. The highest BCUT2D eigenvalue weighted by Gasteiger charge is 2.47. The van der Waals surface area contributed by atoms with Crippen molar-refractivity contribution in [3.63, 3.8) is 0 Å². The number of nitrogens with zero attached hydrogens (tertiary/aromatic N) is 4. The third-order valence-corrected chi connectivity index (χ3v) is 3.83. The zero-order valence-corrected chi connectivity index (χ0v) is 11.5. The molecule has 0 N–H and O–H groups in total. The van der Waals surface area contributed by atoms with Crippen molar-refractivity contribution in [2.45, 2.75) is 51.6 Å². The first-order valence-corrected chi connectivity index (χ1v) is 7.14. The van der Waals surface area contributed by atoms with Gasteiger partial charge in [-0.15, -0.1) is 0 Å². The molecule has 3 rings (SSSR count). The molecule has 1 aromatic heterocycles. The van der Waals surface area contributed by atoms with Gasteiger partial charge in [0.2, 0.25) is 5.89 Å². The van der Waals surface area contributed by atoms with Crippen LogP contribution in [0, 0.1) is 0 Å². The van der Waals surface area contributed by atoms with E-state index in [1.165, 1.54) is 4.90 Å². The fourth-order valence-corrected chi connectivity index (χ4v) is 2.75. The first-order valence-electron chi connectivity index (χ1n) is 7.14. The second kappa shape index (κ2) is 5.22. The number of amides is 3. The zero-order chi connectivity index (χ0) is 14.1. The summed E-state index contributed by atoms with van der Waals surface area (Å²) < 4.78 is 5.12. The van der Waals surface area contributed by atoms with E-state index in [2.05, 4.69) is 17.1 Å². The fraction of sp³-hybridized carbons (Fsp3) is 0.692. The summed E-state index contributed by atoms with van der Waals surface area (Å²) in [7, 11) is 0. The van der Waals surface area contributed by atoms with Gasteiger partial charge in [0.1, 0.15) is 6.04 Å². The first kappa shape index (κ1) is 13.1.